The Hall–Kier alpha value is -2.86. The molecule has 0 aliphatic carbocycles. The Morgan fingerprint density at radius 2 is 2.00 bits per heavy atom. The standard InChI is InChI=1S/C17H18FN3O7/c18-10-6-21(15-13(24)12(23)11(7-22)28-15)16(25)19-14(10)20-17(26)27-8-9-4-2-1-3-5-9/h1-6,11-13,15,22-24H,7-8H2,(H,19,20,25,26)/t11-,12-,13-,15-/m1/s1. The average Bonchev–Trinajstić information content (AvgIpc) is 2.98. The Bertz CT molecular complexity index is 892. The molecule has 1 aromatic heterocycles. The smallest absolute Gasteiger partial charge is 0.413 e. The molecule has 0 spiro atoms. The number of aliphatic hydroxyl groups excluding tert-OH is 3. The summed E-state index contributed by atoms with van der Waals surface area (Å²) in [4.78, 5) is 27.3. The summed E-state index contributed by atoms with van der Waals surface area (Å²) in [6, 6.07) is 8.78. The number of halogens is 1. The van der Waals surface area contributed by atoms with Crippen molar-refractivity contribution in [3.8, 4) is 0 Å². The molecule has 0 radical (unpaired) electrons. The van der Waals surface area contributed by atoms with Crippen LogP contribution in [0.3, 0.4) is 0 Å². The molecule has 1 fully saturated rings. The first-order valence-electron chi connectivity index (χ1n) is 8.29. The molecule has 2 aromatic rings. The van der Waals surface area contributed by atoms with E-state index in [1.807, 2.05) is 5.32 Å². The third-order valence-corrected chi connectivity index (χ3v) is 4.13. The SMILES string of the molecule is O=C(Nc1nc(=O)n([C@@H]2O[C@H](CO)[C@@H](O)[C@H]2O)cc1F)OCc1ccccc1. The van der Waals surface area contributed by atoms with Crippen molar-refractivity contribution < 1.29 is 34.0 Å². The zero-order chi connectivity index (χ0) is 20.3. The molecule has 4 atom stereocenters. The van der Waals surface area contributed by atoms with Crippen LogP contribution in [0.4, 0.5) is 15.0 Å². The predicted molar refractivity (Wildman–Crippen MR) is 91.7 cm³/mol. The van der Waals surface area contributed by atoms with Gasteiger partial charge in [0.15, 0.2) is 17.9 Å². The van der Waals surface area contributed by atoms with Crippen LogP contribution in [0.25, 0.3) is 0 Å². The minimum Gasteiger partial charge on any atom is -0.444 e. The summed E-state index contributed by atoms with van der Waals surface area (Å²) >= 11 is 0. The van der Waals surface area contributed by atoms with Crippen LogP contribution in [-0.4, -0.2) is 55.9 Å². The van der Waals surface area contributed by atoms with E-state index in [1.54, 1.807) is 30.3 Å². The van der Waals surface area contributed by atoms with Gasteiger partial charge >= 0.3 is 11.8 Å². The predicted octanol–water partition coefficient (Wildman–Crippen LogP) is -0.257. The molecule has 28 heavy (non-hydrogen) atoms. The minimum atomic E-state index is -1.58. The monoisotopic (exact) mass is 395 g/mol. The number of hydrogen-bond acceptors (Lipinski definition) is 8. The van der Waals surface area contributed by atoms with E-state index in [2.05, 4.69) is 4.98 Å². The fourth-order valence-electron chi connectivity index (χ4n) is 2.68. The first-order chi connectivity index (χ1) is 13.4. The molecule has 1 saturated heterocycles. The summed E-state index contributed by atoms with van der Waals surface area (Å²) in [6.45, 7) is -0.666. The number of nitrogens with zero attached hydrogens (tertiary/aromatic N) is 2. The van der Waals surface area contributed by atoms with Crippen LogP contribution in [0.1, 0.15) is 11.8 Å². The van der Waals surface area contributed by atoms with E-state index in [9.17, 15) is 24.2 Å². The molecule has 0 unspecified atom stereocenters. The molecule has 1 amide bonds. The molecule has 1 aliphatic rings. The molecule has 3 rings (SSSR count). The maximum Gasteiger partial charge on any atom is 0.413 e. The highest BCUT2D eigenvalue weighted by Crippen LogP contribution is 2.28. The molecule has 0 bridgehead atoms. The largest absolute Gasteiger partial charge is 0.444 e. The summed E-state index contributed by atoms with van der Waals surface area (Å²) in [5.41, 5.74) is -0.333. The van der Waals surface area contributed by atoms with Gasteiger partial charge in [0.25, 0.3) is 0 Å². The van der Waals surface area contributed by atoms with Crippen molar-refractivity contribution in [2.45, 2.75) is 31.1 Å². The fourth-order valence-corrected chi connectivity index (χ4v) is 2.68. The van der Waals surface area contributed by atoms with Gasteiger partial charge in [0.1, 0.15) is 24.9 Å². The van der Waals surface area contributed by atoms with E-state index >= 15 is 0 Å². The average molecular weight is 395 g/mol. The normalized spacial score (nSPS) is 24.1. The highest BCUT2D eigenvalue weighted by molar-refractivity contribution is 5.83. The summed E-state index contributed by atoms with van der Waals surface area (Å²) in [5.74, 6) is -1.75. The fraction of sp³-hybridized carbons (Fsp3) is 0.353. The number of amides is 1. The van der Waals surface area contributed by atoms with Gasteiger partial charge in [-0.2, -0.15) is 4.98 Å². The van der Waals surface area contributed by atoms with Crippen LogP contribution in [0.5, 0.6) is 0 Å². The van der Waals surface area contributed by atoms with E-state index < -0.39 is 54.6 Å². The third-order valence-electron chi connectivity index (χ3n) is 4.13. The lowest BCUT2D eigenvalue weighted by Gasteiger charge is -2.17. The molecule has 1 aliphatic heterocycles. The minimum absolute atomic E-state index is 0.0616. The zero-order valence-electron chi connectivity index (χ0n) is 14.4. The number of ether oxygens (including phenoxy) is 2. The van der Waals surface area contributed by atoms with Crippen LogP contribution in [0, 0.1) is 5.82 Å². The number of aliphatic hydroxyl groups is 3. The van der Waals surface area contributed by atoms with Crippen LogP contribution in [-0.2, 0) is 16.1 Å². The Morgan fingerprint density at radius 1 is 1.29 bits per heavy atom. The molecule has 1 aromatic carbocycles. The second-order valence-electron chi connectivity index (χ2n) is 6.04. The van der Waals surface area contributed by atoms with Crippen molar-refractivity contribution in [3.05, 3.63) is 58.4 Å². The van der Waals surface area contributed by atoms with Gasteiger partial charge in [0, 0.05) is 0 Å². The molecule has 11 heteroatoms. The number of hydrogen-bond donors (Lipinski definition) is 4. The van der Waals surface area contributed by atoms with E-state index in [0.29, 0.717) is 16.3 Å². The van der Waals surface area contributed by atoms with Crippen LogP contribution in [0.15, 0.2) is 41.3 Å². The number of carbonyl (C=O) groups excluding carboxylic acids is 1. The van der Waals surface area contributed by atoms with Crippen molar-refractivity contribution in [3.63, 3.8) is 0 Å². The molecule has 0 saturated carbocycles. The van der Waals surface area contributed by atoms with Gasteiger partial charge < -0.3 is 24.8 Å². The van der Waals surface area contributed by atoms with Crippen molar-refractivity contribution in [1.82, 2.24) is 9.55 Å². The maximum atomic E-state index is 14.3. The number of aromatic nitrogens is 2. The quantitative estimate of drug-likeness (QED) is 0.542. The second kappa shape index (κ2) is 8.44. The highest BCUT2D eigenvalue weighted by atomic mass is 19.1. The van der Waals surface area contributed by atoms with Gasteiger partial charge in [0.05, 0.1) is 12.8 Å². The van der Waals surface area contributed by atoms with Crippen molar-refractivity contribution in [2.24, 2.45) is 0 Å². The van der Waals surface area contributed by atoms with Crippen molar-refractivity contribution >= 4 is 11.9 Å². The van der Waals surface area contributed by atoms with E-state index in [0.717, 1.165) is 0 Å². The Morgan fingerprint density at radius 3 is 2.64 bits per heavy atom. The third kappa shape index (κ3) is 4.17. The van der Waals surface area contributed by atoms with Crippen molar-refractivity contribution in [2.75, 3.05) is 11.9 Å². The lowest BCUT2D eigenvalue weighted by molar-refractivity contribution is -0.0553. The second-order valence-corrected chi connectivity index (χ2v) is 6.04. The molecular formula is C17H18FN3O7. The highest BCUT2D eigenvalue weighted by Gasteiger charge is 2.44. The number of benzene rings is 1. The number of rotatable bonds is 5. The van der Waals surface area contributed by atoms with Crippen molar-refractivity contribution in [1.29, 1.82) is 0 Å². The maximum absolute atomic E-state index is 14.3. The Labute approximate surface area is 157 Å². The summed E-state index contributed by atoms with van der Waals surface area (Å²) < 4.78 is 25.0. The Kier molecular flexibility index (Phi) is 5.99. The molecule has 4 N–H and O–H groups in total. The summed E-state index contributed by atoms with van der Waals surface area (Å²) in [5, 5.41) is 30.8. The van der Waals surface area contributed by atoms with Gasteiger partial charge in [-0.25, -0.2) is 14.0 Å². The van der Waals surface area contributed by atoms with Gasteiger partial charge in [0.2, 0.25) is 0 Å². The number of anilines is 1. The molecule has 150 valence electrons. The lowest BCUT2D eigenvalue weighted by atomic mass is 10.1. The first kappa shape index (κ1) is 19.9. The van der Waals surface area contributed by atoms with E-state index in [1.165, 1.54) is 0 Å². The zero-order valence-corrected chi connectivity index (χ0v) is 14.4. The van der Waals surface area contributed by atoms with E-state index in [4.69, 9.17) is 14.6 Å². The van der Waals surface area contributed by atoms with Crippen LogP contribution in [0.2, 0.25) is 0 Å². The number of carbonyl (C=O) groups is 1. The molecule has 2 heterocycles. The van der Waals surface area contributed by atoms with Gasteiger partial charge in [-0.1, -0.05) is 30.3 Å². The van der Waals surface area contributed by atoms with Gasteiger partial charge in [-0.15, -0.1) is 0 Å². The van der Waals surface area contributed by atoms with Gasteiger partial charge in [-0.05, 0) is 5.56 Å². The summed E-state index contributed by atoms with van der Waals surface area (Å²) in [6.07, 6.45) is -5.97. The molecule has 10 nitrogen and oxygen atoms in total. The Balaban J connectivity index is 1.70. The molecular weight excluding hydrogens is 377 g/mol. The van der Waals surface area contributed by atoms with Crippen LogP contribution < -0.4 is 11.0 Å². The summed E-state index contributed by atoms with van der Waals surface area (Å²) in [7, 11) is 0. The van der Waals surface area contributed by atoms with Gasteiger partial charge in [-0.3, -0.25) is 9.88 Å². The number of nitrogens with one attached hydrogen (secondary N) is 1. The topological polar surface area (TPSA) is 143 Å². The van der Waals surface area contributed by atoms with E-state index in [-0.39, 0.29) is 6.61 Å². The lowest BCUT2D eigenvalue weighted by Crippen LogP contribution is -2.36. The van der Waals surface area contributed by atoms with Crippen LogP contribution >= 0.6 is 0 Å². The first-order valence-corrected chi connectivity index (χ1v) is 8.29.